The Hall–Kier alpha value is -0.310. The highest BCUT2D eigenvalue weighted by molar-refractivity contribution is 7.80. The van der Waals surface area contributed by atoms with Gasteiger partial charge in [0.2, 0.25) is 0 Å². The van der Waals surface area contributed by atoms with Crippen molar-refractivity contribution in [1.29, 1.82) is 0 Å². The van der Waals surface area contributed by atoms with Crippen LogP contribution in [0.3, 0.4) is 0 Å². The molecule has 1 saturated carbocycles. The van der Waals surface area contributed by atoms with Crippen molar-refractivity contribution in [1.82, 2.24) is 10.6 Å². The highest BCUT2D eigenvalue weighted by Gasteiger charge is 2.36. The van der Waals surface area contributed by atoms with Crippen molar-refractivity contribution in [3.05, 3.63) is 0 Å². The van der Waals surface area contributed by atoms with E-state index in [9.17, 15) is 0 Å². The van der Waals surface area contributed by atoms with E-state index in [4.69, 9.17) is 12.2 Å². The fraction of sp³-hybridized carbons (Fsp3) is 0.875. The minimum Gasteiger partial charge on any atom is -0.366 e. The Morgan fingerprint density at radius 2 is 2.18 bits per heavy atom. The fourth-order valence-corrected chi connectivity index (χ4v) is 1.13. The average Bonchev–Trinajstić information content (AvgIpc) is 2.68. The molecule has 0 radical (unpaired) electrons. The molecule has 0 bridgehead atoms. The summed E-state index contributed by atoms with van der Waals surface area (Å²) < 4.78 is 0. The Labute approximate surface area is 73.7 Å². The monoisotopic (exact) mass is 172 g/mol. The summed E-state index contributed by atoms with van der Waals surface area (Å²) in [4.78, 5) is 0. The number of rotatable bonds is 3. The molecular weight excluding hydrogens is 156 g/mol. The zero-order valence-corrected chi connectivity index (χ0v) is 8.05. The van der Waals surface area contributed by atoms with Crippen molar-refractivity contribution >= 4 is 17.3 Å². The van der Waals surface area contributed by atoms with E-state index in [1.54, 1.807) is 0 Å². The largest absolute Gasteiger partial charge is 0.366 e. The molecule has 2 N–H and O–H groups in total. The van der Waals surface area contributed by atoms with Gasteiger partial charge in [0.25, 0.3) is 0 Å². The first-order valence-electron chi connectivity index (χ1n) is 4.12. The van der Waals surface area contributed by atoms with Crippen LogP contribution in [-0.4, -0.2) is 18.7 Å². The van der Waals surface area contributed by atoms with Crippen LogP contribution in [0.5, 0.6) is 0 Å². The molecule has 0 aromatic carbocycles. The maximum absolute atomic E-state index is 4.94. The highest BCUT2D eigenvalue weighted by atomic mass is 32.1. The minimum atomic E-state index is 0.635. The Bertz CT molecular complexity index is 152. The summed E-state index contributed by atoms with van der Waals surface area (Å²) in [6, 6.07) is 0. The van der Waals surface area contributed by atoms with Crippen LogP contribution in [0.15, 0.2) is 0 Å². The smallest absolute Gasteiger partial charge is 0.166 e. The Balaban J connectivity index is 2.00. The van der Waals surface area contributed by atoms with Gasteiger partial charge in [-0.05, 0) is 36.9 Å². The molecule has 1 aliphatic rings. The molecule has 0 saturated heterocycles. The van der Waals surface area contributed by atoms with Crippen LogP contribution in [0, 0.1) is 5.41 Å². The molecule has 0 unspecified atom stereocenters. The minimum absolute atomic E-state index is 0.635. The van der Waals surface area contributed by atoms with Gasteiger partial charge in [-0.15, -0.1) is 0 Å². The van der Waals surface area contributed by atoms with Crippen LogP contribution >= 0.6 is 12.2 Å². The van der Waals surface area contributed by atoms with E-state index in [1.165, 1.54) is 19.3 Å². The molecule has 0 spiro atoms. The third-order valence-electron chi connectivity index (χ3n) is 2.34. The van der Waals surface area contributed by atoms with Crippen molar-refractivity contribution < 1.29 is 0 Å². The maximum Gasteiger partial charge on any atom is 0.166 e. The Kier molecular flexibility index (Phi) is 2.71. The lowest BCUT2D eigenvalue weighted by Crippen LogP contribution is -2.33. The van der Waals surface area contributed by atoms with Gasteiger partial charge in [0.1, 0.15) is 0 Å². The van der Waals surface area contributed by atoms with Gasteiger partial charge in [-0.1, -0.05) is 6.92 Å². The molecule has 2 nitrogen and oxygen atoms in total. The van der Waals surface area contributed by atoms with Crippen molar-refractivity contribution in [3.63, 3.8) is 0 Å². The molecule has 0 aromatic heterocycles. The first-order chi connectivity index (χ1) is 5.16. The first-order valence-corrected chi connectivity index (χ1v) is 4.53. The number of nitrogens with one attached hydrogen (secondary N) is 2. The second-order valence-corrected chi connectivity index (χ2v) is 3.97. The zero-order chi connectivity index (χ0) is 8.32. The second kappa shape index (κ2) is 3.39. The Morgan fingerprint density at radius 1 is 1.55 bits per heavy atom. The molecule has 0 aromatic rings. The van der Waals surface area contributed by atoms with Crippen LogP contribution < -0.4 is 10.6 Å². The molecule has 0 amide bonds. The second-order valence-electron chi connectivity index (χ2n) is 3.57. The van der Waals surface area contributed by atoms with Crippen LogP contribution in [-0.2, 0) is 0 Å². The molecule has 3 heteroatoms. The predicted molar refractivity (Wildman–Crippen MR) is 51.6 cm³/mol. The van der Waals surface area contributed by atoms with Gasteiger partial charge in [0, 0.05) is 13.6 Å². The SMILES string of the molecule is CNC(=S)NCCC1(C)CC1. The standard InChI is InChI=1S/C8H16N2S/c1-8(3-4-8)5-6-10-7(11)9-2/h3-6H2,1-2H3,(H2,9,10,11). The molecule has 1 fully saturated rings. The molecule has 11 heavy (non-hydrogen) atoms. The third kappa shape index (κ3) is 3.06. The summed E-state index contributed by atoms with van der Waals surface area (Å²) in [5.41, 5.74) is 0.635. The predicted octanol–water partition coefficient (Wildman–Crippen LogP) is 1.27. The number of hydrogen-bond donors (Lipinski definition) is 2. The topological polar surface area (TPSA) is 24.1 Å². The molecule has 0 atom stereocenters. The quantitative estimate of drug-likeness (QED) is 0.627. The van der Waals surface area contributed by atoms with E-state index in [0.717, 1.165) is 11.7 Å². The molecule has 0 aliphatic heterocycles. The Morgan fingerprint density at radius 3 is 2.64 bits per heavy atom. The average molecular weight is 172 g/mol. The normalized spacial score (nSPS) is 19.1. The maximum atomic E-state index is 4.94. The molecule has 0 heterocycles. The summed E-state index contributed by atoms with van der Waals surface area (Å²) in [6.45, 7) is 3.34. The third-order valence-corrected chi connectivity index (χ3v) is 2.69. The number of hydrogen-bond acceptors (Lipinski definition) is 1. The van der Waals surface area contributed by atoms with Crippen molar-refractivity contribution in [2.75, 3.05) is 13.6 Å². The van der Waals surface area contributed by atoms with E-state index < -0.39 is 0 Å². The zero-order valence-electron chi connectivity index (χ0n) is 7.24. The molecule has 64 valence electrons. The summed E-state index contributed by atoms with van der Waals surface area (Å²) in [5, 5.41) is 6.80. The van der Waals surface area contributed by atoms with Gasteiger partial charge in [-0.2, -0.15) is 0 Å². The van der Waals surface area contributed by atoms with Gasteiger partial charge in [0.05, 0.1) is 0 Å². The lowest BCUT2D eigenvalue weighted by atomic mass is 10.1. The summed E-state index contributed by atoms with van der Waals surface area (Å²) in [7, 11) is 1.84. The van der Waals surface area contributed by atoms with Crippen LogP contribution in [0.4, 0.5) is 0 Å². The van der Waals surface area contributed by atoms with Gasteiger partial charge in [-0.25, -0.2) is 0 Å². The van der Waals surface area contributed by atoms with Crippen LogP contribution in [0.25, 0.3) is 0 Å². The van der Waals surface area contributed by atoms with Crippen molar-refractivity contribution in [2.24, 2.45) is 5.41 Å². The molecule has 1 aliphatic carbocycles. The first kappa shape index (κ1) is 8.78. The van der Waals surface area contributed by atoms with E-state index in [-0.39, 0.29) is 0 Å². The van der Waals surface area contributed by atoms with Crippen LogP contribution in [0.2, 0.25) is 0 Å². The van der Waals surface area contributed by atoms with E-state index in [1.807, 2.05) is 7.05 Å². The summed E-state index contributed by atoms with van der Waals surface area (Å²) in [5.74, 6) is 0. The van der Waals surface area contributed by atoms with Crippen molar-refractivity contribution in [3.8, 4) is 0 Å². The van der Waals surface area contributed by atoms with E-state index in [0.29, 0.717) is 5.41 Å². The van der Waals surface area contributed by atoms with Crippen molar-refractivity contribution in [2.45, 2.75) is 26.2 Å². The van der Waals surface area contributed by atoms with E-state index >= 15 is 0 Å². The highest BCUT2D eigenvalue weighted by Crippen LogP contribution is 2.47. The van der Waals surface area contributed by atoms with Crippen LogP contribution in [0.1, 0.15) is 26.2 Å². The fourth-order valence-electron chi connectivity index (χ4n) is 1.03. The molecular formula is C8H16N2S. The van der Waals surface area contributed by atoms with E-state index in [2.05, 4.69) is 17.6 Å². The lowest BCUT2D eigenvalue weighted by Gasteiger charge is -2.10. The van der Waals surface area contributed by atoms with Gasteiger partial charge >= 0.3 is 0 Å². The van der Waals surface area contributed by atoms with Gasteiger partial charge in [-0.3, -0.25) is 0 Å². The summed E-state index contributed by atoms with van der Waals surface area (Å²) in [6.07, 6.45) is 4.02. The molecule has 1 rings (SSSR count). The van der Waals surface area contributed by atoms with Gasteiger partial charge in [0.15, 0.2) is 5.11 Å². The summed E-state index contributed by atoms with van der Waals surface area (Å²) >= 11 is 4.94. The number of thiocarbonyl (C=S) groups is 1. The lowest BCUT2D eigenvalue weighted by molar-refractivity contribution is 0.513. The van der Waals surface area contributed by atoms with Gasteiger partial charge < -0.3 is 10.6 Å².